The first-order valence-electron chi connectivity index (χ1n) is 5.90. The van der Waals surface area contributed by atoms with Crippen molar-refractivity contribution in [1.29, 1.82) is 0 Å². The number of likely N-dealkylation sites (tertiary alicyclic amines) is 1. The van der Waals surface area contributed by atoms with Crippen LogP contribution in [0.3, 0.4) is 0 Å². The molecule has 3 heteroatoms. The van der Waals surface area contributed by atoms with Gasteiger partial charge in [0.25, 0.3) is 0 Å². The van der Waals surface area contributed by atoms with E-state index in [4.69, 9.17) is 5.73 Å². The Morgan fingerprint density at radius 1 is 1.50 bits per heavy atom. The van der Waals surface area contributed by atoms with Crippen LogP contribution in [0.1, 0.15) is 24.4 Å². The Labute approximate surface area is 96.9 Å². The van der Waals surface area contributed by atoms with Gasteiger partial charge in [0.15, 0.2) is 0 Å². The van der Waals surface area contributed by atoms with Crippen molar-refractivity contribution in [3.8, 4) is 5.75 Å². The number of rotatable bonds is 2. The van der Waals surface area contributed by atoms with Crippen molar-refractivity contribution in [2.75, 3.05) is 20.1 Å². The predicted molar refractivity (Wildman–Crippen MR) is 65.3 cm³/mol. The van der Waals surface area contributed by atoms with E-state index in [9.17, 15) is 5.11 Å². The first-order chi connectivity index (χ1) is 7.66. The zero-order chi connectivity index (χ0) is 11.5. The van der Waals surface area contributed by atoms with Crippen molar-refractivity contribution in [3.05, 3.63) is 29.8 Å². The molecule has 1 heterocycles. The molecule has 0 amide bonds. The van der Waals surface area contributed by atoms with Crippen LogP contribution in [0, 0.1) is 5.92 Å². The fraction of sp³-hybridized carbons (Fsp3) is 0.538. The molecule has 0 aromatic heterocycles. The van der Waals surface area contributed by atoms with Crippen molar-refractivity contribution < 1.29 is 5.11 Å². The molecule has 1 aromatic carbocycles. The maximum atomic E-state index is 9.45. The van der Waals surface area contributed by atoms with Crippen LogP contribution in [-0.4, -0.2) is 30.1 Å². The Morgan fingerprint density at radius 2 is 2.31 bits per heavy atom. The minimum absolute atomic E-state index is 0.0369. The largest absolute Gasteiger partial charge is 0.508 e. The third-order valence-corrected chi connectivity index (χ3v) is 3.42. The summed E-state index contributed by atoms with van der Waals surface area (Å²) in [5, 5.41) is 9.45. The second kappa shape index (κ2) is 4.85. The summed E-state index contributed by atoms with van der Waals surface area (Å²) in [5.74, 6) is 0.803. The lowest BCUT2D eigenvalue weighted by atomic mass is 9.87. The highest BCUT2D eigenvalue weighted by atomic mass is 16.3. The number of benzene rings is 1. The lowest BCUT2D eigenvalue weighted by Crippen LogP contribution is -2.37. The van der Waals surface area contributed by atoms with Crippen molar-refractivity contribution in [1.82, 2.24) is 4.90 Å². The van der Waals surface area contributed by atoms with Gasteiger partial charge in [-0.3, -0.25) is 0 Å². The monoisotopic (exact) mass is 220 g/mol. The van der Waals surface area contributed by atoms with Crippen LogP contribution in [0.2, 0.25) is 0 Å². The van der Waals surface area contributed by atoms with E-state index in [-0.39, 0.29) is 6.04 Å². The van der Waals surface area contributed by atoms with Crippen LogP contribution in [-0.2, 0) is 0 Å². The molecular weight excluding hydrogens is 200 g/mol. The van der Waals surface area contributed by atoms with Gasteiger partial charge >= 0.3 is 0 Å². The van der Waals surface area contributed by atoms with E-state index >= 15 is 0 Å². The van der Waals surface area contributed by atoms with Crippen LogP contribution in [0.15, 0.2) is 24.3 Å². The van der Waals surface area contributed by atoms with Crippen LogP contribution >= 0.6 is 0 Å². The van der Waals surface area contributed by atoms with Gasteiger partial charge in [0.05, 0.1) is 0 Å². The smallest absolute Gasteiger partial charge is 0.115 e. The first kappa shape index (κ1) is 11.4. The summed E-state index contributed by atoms with van der Waals surface area (Å²) in [6.45, 7) is 2.22. The average Bonchev–Trinajstić information content (AvgIpc) is 2.28. The molecule has 2 unspecified atom stereocenters. The Morgan fingerprint density at radius 3 is 3.00 bits per heavy atom. The van der Waals surface area contributed by atoms with Gasteiger partial charge in [0.1, 0.15) is 5.75 Å². The fourth-order valence-electron chi connectivity index (χ4n) is 2.50. The third kappa shape index (κ3) is 2.54. The maximum absolute atomic E-state index is 9.45. The lowest BCUT2D eigenvalue weighted by Gasteiger charge is -2.33. The number of piperidine rings is 1. The lowest BCUT2D eigenvalue weighted by molar-refractivity contribution is 0.188. The van der Waals surface area contributed by atoms with Gasteiger partial charge in [-0.15, -0.1) is 0 Å². The molecule has 1 aliphatic rings. The summed E-state index contributed by atoms with van der Waals surface area (Å²) in [5.41, 5.74) is 7.31. The van der Waals surface area contributed by atoms with Gasteiger partial charge in [-0.2, -0.15) is 0 Å². The molecule has 2 rings (SSSR count). The number of nitrogens with zero attached hydrogens (tertiary/aromatic N) is 1. The van der Waals surface area contributed by atoms with Crippen molar-refractivity contribution in [2.24, 2.45) is 11.7 Å². The molecule has 1 saturated heterocycles. The molecule has 0 saturated carbocycles. The number of nitrogens with two attached hydrogens (primary N) is 1. The van der Waals surface area contributed by atoms with Gasteiger partial charge in [-0.05, 0) is 50.0 Å². The Kier molecular flexibility index (Phi) is 3.46. The van der Waals surface area contributed by atoms with E-state index in [0.717, 1.165) is 12.1 Å². The summed E-state index contributed by atoms with van der Waals surface area (Å²) in [4.78, 5) is 2.33. The normalized spacial score (nSPS) is 24.2. The van der Waals surface area contributed by atoms with Crippen LogP contribution in [0.5, 0.6) is 5.75 Å². The highest BCUT2D eigenvalue weighted by molar-refractivity contribution is 5.29. The van der Waals surface area contributed by atoms with E-state index in [1.54, 1.807) is 12.1 Å². The topological polar surface area (TPSA) is 49.5 Å². The van der Waals surface area contributed by atoms with Gasteiger partial charge in [-0.1, -0.05) is 12.1 Å². The molecule has 1 aliphatic heterocycles. The number of hydrogen-bond donors (Lipinski definition) is 2. The summed E-state index contributed by atoms with van der Waals surface area (Å²) >= 11 is 0. The van der Waals surface area contributed by atoms with E-state index in [0.29, 0.717) is 11.7 Å². The quantitative estimate of drug-likeness (QED) is 0.798. The summed E-state index contributed by atoms with van der Waals surface area (Å²) in [7, 11) is 2.14. The summed E-state index contributed by atoms with van der Waals surface area (Å²) in [6, 6.07) is 7.35. The molecule has 0 spiro atoms. The number of aromatic hydroxyl groups is 1. The number of hydrogen-bond acceptors (Lipinski definition) is 3. The molecule has 88 valence electrons. The third-order valence-electron chi connectivity index (χ3n) is 3.42. The Balaban J connectivity index is 2.09. The number of phenolic OH excluding ortho intramolecular Hbond substituents is 1. The van der Waals surface area contributed by atoms with Crippen LogP contribution in [0.4, 0.5) is 0 Å². The molecule has 2 atom stereocenters. The molecule has 3 N–H and O–H groups in total. The molecule has 3 nitrogen and oxygen atoms in total. The highest BCUT2D eigenvalue weighted by Gasteiger charge is 2.24. The minimum atomic E-state index is 0.0369. The standard InChI is InChI=1S/C13H20N2O/c1-15-7-3-5-11(9-15)13(14)10-4-2-6-12(16)8-10/h2,4,6,8,11,13,16H,3,5,7,9,14H2,1H3. The fourth-order valence-corrected chi connectivity index (χ4v) is 2.50. The Hall–Kier alpha value is -1.06. The van der Waals surface area contributed by atoms with Gasteiger partial charge in [0, 0.05) is 12.6 Å². The molecule has 1 fully saturated rings. The van der Waals surface area contributed by atoms with E-state index < -0.39 is 0 Å². The maximum Gasteiger partial charge on any atom is 0.115 e. The molecular formula is C13H20N2O. The molecule has 16 heavy (non-hydrogen) atoms. The van der Waals surface area contributed by atoms with Gasteiger partial charge in [0.2, 0.25) is 0 Å². The Bertz CT molecular complexity index is 354. The van der Waals surface area contributed by atoms with E-state index in [2.05, 4.69) is 11.9 Å². The predicted octanol–water partition coefficient (Wildman–Crippen LogP) is 1.73. The van der Waals surface area contributed by atoms with Crippen LogP contribution < -0.4 is 5.73 Å². The SMILES string of the molecule is CN1CCCC(C(N)c2cccc(O)c2)C1. The second-order valence-corrected chi connectivity index (χ2v) is 4.79. The summed E-state index contributed by atoms with van der Waals surface area (Å²) in [6.07, 6.45) is 2.40. The first-order valence-corrected chi connectivity index (χ1v) is 5.90. The molecule has 0 aliphatic carbocycles. The van der Waals surface area contributed by atoms with Crippen molar-refractivity contribution in [2.45, 2.75) is 18.9 Å². The van der Waals surface area contributed by atoms with Crippen molar-refractivity contribution >= 4 is 0 Å². The average molecular weight is 220 g/mol. The molecule has 0 bridgehead atoms. The van der Waals surface area contributed by atoms with Crippen LogP contribution in [0.25, 0.3) is 0 Å². The van der Waals surface area contributed by atoms with Crippen molar-refractivity contribution in [3.63, 3.8) is 0 Å². The van der Waals surface area contributed by atoms with Gasteiger partial charge < -0.3 is 15.7 Å². The van der Waals surface area contributed by atoms with E-state index in [1.165, 1.54) is 19.4 Å². The molecule has 1 aromatic rings. The second-order valence-electron chi connectivity index (χ2n) is 4.79. The molecule has 0 radical (unpaired) electrons. The zero-order valence-electron chi connectivity index (χ0n) is 9.76. The van der Waals surface area contributed by atoms with Gasteiger partial charge in [-0.25, -0.2) is 0 Å². The highest BCUT2D eigenvalue weighted by Crippen LogP contribution is 2.28. The number of phenols is 1. The van der Waals surface area contributed by atoms with E-state index in [1.807, 2.05) is 12.1 Å². The minimum Gasteiger partial charge on any atom is -0.508 e. The zero-order valence-corrected chi connectivity index (χ0v) is 9.76. The summed E-state index contributed by atoms with van der Waals surface area (Å²) < 4.78 is 0.